The van der Waals surface area contributed by atoms with Crippen LogP contribution in [0.5, 0.6) is 5.88 Å². The first-order chi connectivity index (χ1) is 12.5. The summed E-state index contributed by atoms with van der Waals surface area (Å²) in [7, 11) is 5.18. The minimum absolute atomic E-state index is 0.167. The number of fused-ring (bicyclic) bond motifs is 1. The first kappa shape index (κ1) is 16.5. The molecule has 0 spiro atoms. The van der Waals surface area contributed by atoms with Crippen molar-refractivity contribution in [2.24, 2.45) is 19.8 Å². The van der Waals surface area contributed by atoms with Crippen LogP contribution in [0.1, 0.15) is 0 Å². The standard InChI is InChI=1S/C15H20FN9O/c1-23-7-18-11-12(19-10-6-24(2)22-14(10)26-3)20-15(21-13(11)23)25-4-8(16)9(17)5-25/h6-9H,4-5,17H2,1-3H3,(H,19,20,21)/t8?,9-/m1/s1. The number of nitrogens with two attached hydrogens (primary N) is 1. The van der Waals surface area contributed by atoms with Crippen LogP contribution in [-0.2, 0) is 14.1 Å². The molecule has 0 aromatic carbocycles. The molecule has 4 rings (SSSR count). The molecule has 1 aliphatic rings. The van der Waals surface area contributed by atoms with E-state index in [4.69, 9.17) is 10.5 Å². The molecule has 1 aliphatic heterocycles. The van der Waals surface area contributed by atoms with Gasteiger partial charge >= 0.3 is 0 Å². The van der Waals surface area contributed by atoms with Gasteiger partial charge in [0.05, 0.1) is 32.2 Å². The van der Waals surface area contributed by atoms with Gasteiger partial charge in [0.25, 0.3) is 5.88 Å². The van der Waals surface area contributed by atoms with Gasteiger partial charge in [-0.3, -0.25) is 4.68 Å². The zero-order chi connectivity index (χ0) is 18.4. The summed E-state index contributed by atoms with van der Waals surface area (Å²) in [6, 6.07) is -0.546. The Labute approximate surface area is 148 Å². The Kier molecular flexibility index (Phi) is 3.87. The van der Waals surface area contributed by atoms with Crippen LogP contribution in [0.4, 0.5) is 21.8 Å². The molecule has 1 unspecified atom stereocenters. The molecule has 11 heteroatoms. The predicted octanol–water partition coefficient (Wildman–Crippen LogP) is 0.334. The smallest absolute Gasteiger partial charge is 0.256 e. The average molecular weight is 361 g/mol. The van der Waals surface area contributed by atoms with Crippen LogP contribution in [0.2, 0.25) is 0 Å². The maximum absolute atomic E-state index is 13.9. The van der Waals surface area contributed by atoms with Crippen molar-refractivity contribution in [3.8, 4) is 5.88 Å². The van der Waals surface area contributed by atoms with Crippen molar-refractivity contribution >= 4 is 28.6 Å². The van der Waals surface area contributed by atoms with Crippen LogP contribution in [0.25, 0.3) is 11.2 Å². The second-order valence-corrected chi connectivity index (χ2v) is 6.34. The van der Waals surface area contributed by atoms with E-state index in [-0.39, 0.29) is 6.54 Å². The van der Waals surface area contributed by atoms with E-state index in [1.807, 2.05) is 7.05 Å². The van der Waals surface area contributed by atoms with Crippen molar-refractivity contribution < 1.29 is 9.13 Å². The molecule has 26 heavy (non-hydrogen) atoms. The third-order valence-corrected chi connectivity index (χ3v) is 4.36. The highest BCUT2D eigenvalue weighted by Gasteiger charge is 2.32. The fraction of sp³-hybridized carbons (Fsp3) is 0.467. The van der Waals surface area contributed by atoms with Crippen LogP contribution < -0.4 is 20.7 Å². The molecule has 0 amide bonds. The lowest BCUT2D eigenvalue weighted by atomic mass is 10.3. The maximum atomic E-state index is 13.9. The third kappa shape index (κ3) is 2.69. The summed E-state index contributed by atoms with van der Waals surface area (Å²) >= 11 is 0. The average Bonchev–Trinajstić information content (AvgIpc) is 3.26. The summed E-state index contributed by atoms with van der Waals surface area (Å²) in [5.74, 6) is 1.33. The Hall–Kier alpha value is -2.95. The third-order valence-electron chi connectivity index (χ3n) is 4.36. The first-order valence-corrected chi connectivity index (χ1v) is 8.14. The van der Waals surface area contributed by atoms with Gasteiger partial charge in [-0.2, -0.15) is 9.97 Å². The Bertz CT molecular complexity index is 942. The van der Waals surface area contributed by atoms with Crippen molar-refractivity contribution in [1.82, 2.24) is 29.3 Å². The SMILES string of the molecule is COc1nn(C)cc1Nc1nc(N2CC(F)[C@H](N)C2)nc2c1ncn2C. The lowest BCUT2D eigenvalue weighted by molar-refractivity contribution is 0.333. The van der Waals surface area contributed by atoms with Gasteiger partial charge in [-0.25, -0.2) is 9.37 Å². The van der Waals surface area contributed by atoms with Crippen molar-refractivity contribution in [3.63, 3.8) is 0 Å². The van der Waals surface area contributed by atoms with Crippen molar-refractivity contribution in [1.29, 1.82) is 0 Å². The van der Waals surface area contributed by atoms with Crippen molar-refractivity contribution in [3.05, 3.63) is 12.5 Å². The molecule has 0 bridgehead atoms. The number of rotatable bonds is 4. The molecule has 0 aliphatic carbocycles. The molecule has 1 saturated heterocycles. The zero-order valence-corrected chi connectivity index (χ0v) is 14.7. The lowest BCUT2D eigenvalue weighted by Gasteiger charge is -2.16. The number of imidazole rings is 1. The van der Waals surface area contributed by atoms with Gasteiger partial charge in [0, 0.05) is 20.6 Å². The number of nitrogens with zero attached hydrogens (tertiary/aromatic N) is 7. The summed E-state index contributed by atoms with van der Waals surface area (Å²) in [4.78, 5) is 15.2. The molecule has 3 N–H and O–H groups in total. The van der Waals surface area contributed by atoms with Gasteiger partial charge in [-0.05, 0) is 0 Å². The van der Waals surface area contributed by atoms with E-state index in [2.05, 4.69) is 25.4 Å². The summed E-state index contributed by atoms with van der Waals surface area (Å²) < 4.78 is 22.5. The lowest BCUT2D eigenvalue weighted by Crippen LogP contribution is -2.30. The second kappa shape index (κ2) is 6.09. The highest BCUT2D eigenvalue weighted by atomic mass is 19.1. The summed E-state index contributed by atoms with van der Waals surface area (Å²) in [6.07, 6.45) is 2.33. The zero-order valence-electron chi connectivity index (χ0n) is 14.7. The van der Waals surface area contributed by atoms with Gasteiger partial charge in [0.15, 0.2) is 17.0 Å². The predicted molar refractivity (Wildman–Crippen MR) is 94.4 cm³/mol. The minimum atomic E-state index is -1.10. The first-order valence-electron chi connectivity index (χ1n) is 8.14. The van der Waals surface area contributed by atoms with E-state index >= 15 is 0 Å². The molecular formula is C15H20FN9O. The quantitative estimate of drug-likeness (QED) is 0.684. The van der Waals surface area contributed by atoms with Gasteiger partial charge in [0.1, 0.15) is 11.9 Å². The van der Waals surface area contributed by atoms with Crippen LogP contribution in [0.15, 0.2) is 12.5 Å². The number of alkyl halides is 1. The van der Waals surface area contributed by atoms with E-state index in [0.29, 0.717) is 41.0 Å². The molecule has 2 atom stereocenters. The van der Waals surface area contributed by atoms with E-state index < -0.39 is 12.2 Å². The number of aromatic nitrogens is 6. The highest BCUT2D eigenvalue weighted by molar-refractivity contribution is 5.87. The van der Waals surface area contributed by atoms with Crippen LogP contribution in [-0.4, -0.2) is 61.7 Å². The Morgan fingerprint density at radius 2 is 2.12 bits per heavy atom. The fourth-order valence-electron chi connectivity index (χ4n) is 3.01. The van der Waals surface area contributed by atoms with Crippen LogP contribution in [0.3, 0.4) is 0 Å². The maximum Gasteiger partial charge on any atom is 0.256 e. The van der Waals surface area contributed by atoms with Crippen molar-refractivity contribution in [2.75, 3.05) is 30.4 Å². The molecule has 1 fully saturated rings. The van der Waals surface area contributed by atoms with E-state index in [1.165, 1.54) is 0 Å². The summed E-state index contributed by atoms with van der Waals surface area (Å²) in [5.41, 5.74) is 7.68. The molecule has 10 nitrogen and oxygen atoms in total. The molecule has 0 saturated carbocycles. The fourth-order valence-corrected chi connectivity index (χ4v) is 3.01. The topological polar surface area (TPSA) is 112 Å². The molecule has 3 aromatic rings. The molecule has 3 aromatic heterocycles. The number of methoxy groups -OCH3 is 1. The second-order valence-electron chi connectivity index (χ2n) is 6.34. The molecular weight excluding hydrogens is 341 g/mol. The van der Waals surface area contributed by atoms with Gasteiger partial charge in [-0.1, -0.05) is 0 Å². The van der Waals surface area contributed by atoms with Gasteiger partial charge < -0.3 is 25.3 Å². The number of halogens is 1. The number of ether oxygens (including phenoxy) is 1. The van der Waals surface area contributed by atoms with E-state index in [1.54, 1.807) is 40.8 Å². The van der Waals surface area contributed by atoms with Crippen LogP contribution in [0, 0.1) is 0 Å². The van der Waals surface area contributed by atoms with Gasteiger partial charge in [-0.15, -0.1) is 5.10 Å². The highest BCUT2D eigenvalue weighted by Crippen LogP contribution is 2.30. The van der Waals surface area contributed by atoms with Crippen molar-refractivity contribution in [2.45, 2.75) is 12.2 Å². The molecule has 138 valence electrons. The van der Waals surface area contributed by atoms with Crippen LogP contribution >= 0.6 is 0 Å². The summed E-state index contributed by atoms with van der Waals surface area (Å²) in [5, 5.41) is 7.42. The Balaban J connectivity index is 1.78. The monoisotopic (exact) mass is 361 g/mol. The van der Waals surface area contributed by atoms with E-state index in [9.17, 15) is 4.39 Å². The summed E-state index contributed by atoms with van der Waals surface area (Å²) in [6.45, 7) is 0.528. The minimum Gasteiger partial charge on any atom is -0.478 e. The number of hydrogen-bond donors (Lipinski definition) is 2. The normalized spacial score (nSPS) is 20.1. The largest absolute Gasteiger partial charge is 0.478 e. The Morgan fingerprint density at radius 1 is 1.31 bits per heavy atom. The number of anilines is 3. The number of hydrogen-bond acceptors (Lipinski definition) is 8. The number of nitrogens with one attached hydrogen (secondary N) is 1. The Morgan fingerprint density at radius 3 is 2.81 bits per heavy atom. The van der Waals surface area contributed by atoms with Gasteiger partial charge in [0.2, 0.25) is 5.95 Å². The molecule has 4 heterocycles. The van der Waals surface area contributed by atoms with E-state index in [0.717, 1.165) is 0 Å². The number of aryl methyl sites for hydroxylation is 2. The molecule has 0 radical (unpaired) electrons.